The summed E-state index contributed by atoms with van der Waals surface area (Å²) in [5, 5.41) is 0. The van der Waals surface area contributed by atoms with Crippen LogP contribution in [0.2, 0.25) is 0 Å². The Morgan fingerprint density at radius 2 is 1.86 bits per heavy atom. The number of carbonyl (C=O) groups excluding carboxylic acids is 3. The van der Waals surface area contributed by atoms with Crippen LogP contribution in [0, 0.1) is 5.82 Å². The standard InChI is InChI=1S/C20H17FN2O5/c1-12(24)22(10-13-2-7-17-18(8-13)28-11-27-17)16-9-19(25)23(20(16)26)15-5-3-14(21)4-6-15/h2-8,16H,9-11H2,1H3/t16-/m1/s1. The molecule has 2 aliphatic heterocycles. The molecule has 0 radical (unpaired) electrons. The Balaban J connectivity index is 1.58. The minimum absolute atomic E-state index is 0.125. The zero-order chi connectivity index (χ0) is 19.8. The lowest BCUT2D eigenvalue weighted by Gasteiger charge is -2.26. The molecule has 1 fully saturated rings. The second-order valence-electron chi connectivity index (χ2n) is 6.60. The van der Waals surface area contributed by atoms with Crippen LogP contribution in [-0.2, 0) is 20.9 Å². The van der Waals surface area contributed by atoms with E-state index in [2.05, 4.69) is 0 Å². The van der Waals surface area contributed by atoms with Crippen LogP contribution in [0.1, 0.15) is 18.9 Å². The van der Waals surface area contributed by atoms with Crippen molar-refractivity contribution in [3.63, 3.8) is 0 Å². The van der Waals surface area contributed by atoms with Gasteiger partial charge in [-0.05, 0) is 42.0 Å². The van der Waals surface area contributed by atoms with Gasteiger partial charge in [-0.25, -0.2) is 9.29 Å². The third kappa shape index (κ3) is 3.17. The number of anilines is 1. The SMILES string of the molecule is CC(=O)N(Cc1ccc2c(c1)OCO2)[C@@H]1CC(=O)N(c2ccc(F)cc2)C1=O. The van der Waals surface area contributed by atoms with E-state index < -0.39 is 23.7 Å². The molecule has 0 N–H and O–H groups in total. The molecule has 2 aromatic carbocycles. The molecule has 3 amide bonds. The van der Waals surface area contributed by atoms with Gasteiger partial charge in [0.15, 0.2) is 11.5 Å². The maximum absolute atomic E-state index is 13.2. The second kappa shape index (κ2) is 6.95. The Morgan fingerprint density at radius 1 is 1.14 bits per heavy atom. The molecule has 144 valence electrons. The molecule has 2 heterocycles. The third-order valence-electron chi connectivity index (χ3n) is 4.78. The molecular weight excluding hydrogens is 367 g/mol. The molecule has 1 atom stereocenters. The Bertz CT molecular complexity index is 960. The number of carbonyl (C=O) groups is 3. The van der Waals surface area contributed by atoms with E-state index in [1.165, 1.54) is 36.1 Å². The van der Waals surface area contributed by atoms with Crippen molar-refractivity contribution in [1.82, 2.24) is 4.90 Å². The monoisotopic (exact) mass is 384 g/mol. The highest BCUT2D eigenvalue weighted by atomic mass is 19.1. The van der Waals surface area contributed by atoms with Gasteiger partial charge in [-0.1, -0.05) is 6.07 Å². The van der Waals surface area contributed by atoms with Crippen molar-refractivity contribution < 1.29 is 28.2 Å². The summed E-state index contributed by atoms with van der Waals surface area (Å²) in [6.07, 6.45) is -0.125. The number of benzene rings is 2. The van der Waals surface area contributed by atoms with Crippen molar-refractivity contribution >= 4 is 23.4 Å². The van der Waals surface area contributed by atoms with Gasteiger partial charge in [-0.15, -0.1) is 0 Å². The highest BCUT2D eigenvalue weighted by Gasteiger charge is 2.43. The summed E-state index contributed by atoms with van der Waals surface area (Å²) in [4.78, 5) is 40.0. The number of fused-ring (bicyclic) bond motifs is 1. The molecule has 0 saturated carbocycles. The Morgan fingerprint density at radius 3 is 2.57 bits per heavy atom. The summed E-state index contributed by atoms with van der Waals surface area (Å²) in [5.74, 6) is -0.543. The minimum Gasteiger partial charge on any atom is -0.454 e. The summed E-state index contributed by atoms with van der Waals surface area (Å²) in [6, 6.07) is 9.44. The van der Waals surface area contributed by atoms with Crippen molar-refractivity contribution in [1.29, 1.82) is 0 Å². The zero-order valence-electron chi connectivity index (χ0n) is 15.1. The van der Waals surface area contributed by atoms with E-state index in [1.54, 1.807) is 18.2 Å². The number of hydrogen-bond donors (Lipinski definition) is 0. The van der Waals surface area contributed by atoms with E-state index >= 15 is 0 Å². The summed E-state index contributed by atoms with van der Waals surface area (Å²) < 4.78 is 23.8. The van der Waals surface area contributed by atoms with Crippen LogP contribution in [0.5, 0.6) is 11.5 Å². The summed E-state index contributed by atoms with van der Waals surface area (Å²) in [7, 11) is 0. The lowest BCUT2D eigenvalue weighted by Crippen LogP contribution is -2.44. The van der Waals surface area contributed by atoms with E-state index in [-0.39, 0.29) is 31.4 Å². The molecule has 7 nitrogen and oxygen atoms in total. The predicted molar refractivity (Wildman–Crippen MR) is 96.1 cm³/mol. The molecule has 0 spiro atoms. The number of imide groups is 1. The Hall–Kier alpha value is -3.42. The van der Waals surface area contributed by atoms with Crippen LogP contribution in [0.3, 0.4) is 0 Å². The first-order valence-corrected chi connectivity index (χ1v) is 8.72. The largest absolute Gasteiger partial charge is 0.454 e. The molecule has 8 heteroatoms. The van der Waals surface area contributed by atoms with Gasteiger partial charge in [0.05, 0.1) is 12.1 Å². The number of rotatable bonds is 4. The fraction of sp³-hybridized carbons (Fsp3) is 0.250. The van der Waals surface area contributed by atoms with Gasteiger partial charge in [0.1, 0.15) is 11.9 Å². The predicted octanol–water partition coefficient (Wildman–Crippen LogP) is 2.24. The normalized spacial score (nSPS) is 17.9. The first kappa shape index (κ1) is 18.0. The highest BCUT2D eigenvalue weighted by Crippen LogP contribution is 2.33. The molecular formula is C20H17FN2O5. The molecule has 0 aliphatic carbocycles. The van der Waals surface area contributed by atoms with Crippen LogP contribution in [0.25, 0.3) is 0 Å². The van der Waals surface area contributed by atoms with Gasteiger partial charge in [-0.3, -0.25) is 14.4 Å². The lowest BCUT2D eigenvalue weighted by atomic mass is 10.1. The average Bonchev–Trinajstić information content (AvgIpc) is 3.24. The van der Waals surface area contributed by atoms with Crippen LogP contribution in [-0.4, -0.2) is 35.5 Å². The average molecular weight is 384 g/mol. The van der Waals surface area contributed by atoms with E-state index in [1.807, 2.05) is 0 Å². The van der Waals surface area contributed by atoms with E-state index in [9.17, 15) is 18.8 Å². The molecule has 0 bridgehead atoms. The topological polar surface area (TPSA) is 76.2 Å². The maximum atomic E-state index is 13.2. The van der Waals surface area contributed by atoms with Crippen molar-refractivity contribution in [2.24, 2.45) is 0 Å². The lowest BCUT2D eigenvalue weighted by molar-refractivity contribution is -0.137. The second-order valence-corrected chi connectivity index (χ2v) is 6.60. The van der Waals surface area contributed by atoms with E-state index in [0.717, 1.165) is 10.5 Å². The van der Waals surface area contributed by atoms with Crippen molar-refractivity contribution in [3.8, 4) is 11.5 Å². The number of amides is 3. The molecule has 2 aliphatic rings. The van der Waals surface area contributed by atoms with Gasteiger partial charge < -0.3 is 14.4 Å². The molecule has 28 heavy (non-hydrogen) atoms. The Kier molecular flexibility index (Phi) is 4.46. The van der Waals surface area contributed by atoms with Crippen molar-refractivity contribution in [3.05, 3.63) is 53.8 Å². The molecule has 2 aromatic rings. The number of halogens is 1. The minimum atomic E-state index is -0.916. The van der Waals surface area contributed by atoms with Crippen LogP contribution in [0.4, 0.5) is 10.1 Å². The van der Waals surface area contributed by atoms with Gasteiger partial charge in [0, 0.05) is 13.5 Å². The fourth-order valence-electron chi connectivity index (χ4n) is 3.40. The van der Waals surface area contributed by atoms with E-state index in [4.69, 9.17) is 9.47 Å². The summed E-state index contributed by atoms with van der Waals surface area (Å²) in [6.45, 7) is 1.63. The van der Waals surface area contributed by atoms with Gasteiger partial charge in [-0.2, -0.15) is 0 Å². The molecule has 0 unspecified atom stereocenters. The molecule has 1 saturated heterocycles. The van der Waals surface area contributed by atoms with Crippen LogP contribution < -0.4 is 14.4 Å². The van der Waals surface area contributed by atoms with E-state index in [0.29, 0.717) is 11.5 Å². The summed E-state index contributed by atoms with van der Waals surface area (Å²) >= 11 is 0. The van der Waals surface area contributed by atoms with Crippen LogP contribution >= 0.6 is 0 Å². The van der Waals surface area contributed by atoms with Gasteiger partial charge in [0.25, 0.3) is 5.91 Å². The van der Waals surface area contributed by atoms with Gasteiger partial charge >= 0.3 is 0 Å². The highest BCUT2D eigenvalue weighted by molar-refractivity contribution is 6.22. The number of ether oxygens (including phenoxy) is 2. The first-order valence-electron chi connectivity index (χ1n) is 8.72. The summed E-state index contributed by atoms with van der Waals surface area (Å²) in [5.41, 5.74) is 1.03. The third-order valence-corrected chi connectivity index (χ3v) is 4.78. The first-order chi connectivity index (χ1) is 13.4. The maximum Gasteiger partial charge on any atom is 0.257 e. The number of hydrogen-bond acceptors (Lipinski definition) is 5. The van der Waals surface area contributed by atoms with Crippen molar-refractivity contribution in [2.75, 3.05) is 11.7 Å². The fourth-order valence-corrected chi connectivity index (χ4v) is 3.40. The number of nitrogens with zero attached hydrogens (tertiary/aromatic N) is 2. The molecule has 4 rings (SSSR count). The van der Waals surface area contributed by atoms with Crippen molar-refractivity contribution in [2.45, 2.75) is 25.9 Å². The smallest absolute Gasteiger partial charge is 0.257 e. The zero-order valence-corrected chi connectivity index (χ0v) is 15.1. The van der Waals surface area contributed by atoms with Gasteiger partial charge in [0.2, 0.25) is 18.6 Å². The quantitative estimate of drug-likeness (QED) is 0.756. The Labute approximate surface area is 160 Å². The molecule has 0 aromatic heterocycles. The van der Waals surface area contributed by atoms with Crippen LogP contribution in [0.15, 0.2) is 42.5 Å².